The predicted octanol–water partition coefficient (Wildman–Crippen LogP) is 2.52. The number of ether oxygens (including phenoxy) is 2. The molecule has 1 aromatic carbocycles. The van der Waals surface area contributed by atoms with E-state index in [1.54, 1.807) is 33.3 Å². The molecule has 0 saturated carbocycles. The fraction of sp³-hybridized carbons (Fsp3) is 0.400. The van der Waals surface area contributed by atoms with Gasteiger partial charge in [-0.15, -0.1) is 0 Å². The average molecular weight is 261 g/mol. The molecule has 1 aromatic rings. The van der Waals surface area contributed by atoms with Gasteiger partial charge in [-0.3, -0.25) is 0 Å². The van der Waals surface area contributed by atoms with Gasteiger partial charge < -0.3 is 14.6 Å². The summed E-state index contributed by atoms with van der Waals surface area (Å²) in [7, 11) is 3.15. The molecule has 1 atom stereocenters. The fourth-order valence-corrected chi connectivity index (χ4v) is 1.68. The Bertz CT molecular complexity index is 298. The van der Waals surface area contributed by atoms with E-state index in [0.29, 0.717) is 11.5 Å². The van der Waals surface area contributed by atoms with Crippen molar-refractivity contribution in [3.8, 4) is 11.5 Å². The van der Waals surface area contributed by atoms with Gasteiger partial charge in [0.2, 0.25) is 0 Å². The quantitative estimate of drug-likeness (QED) is 0.908. The van der Waals surface area contributed by atoms with Crippen LogP contribution in [0, 0.1) is 0 Å². The summed E-state index contributed by atoms with van der Waals surface area (Å²) >= 11 is 3.35. The van der Waals surface area contributed by atoms with Crippen molar-refractivity contribution in [2.45, 2.75) is 13.0 Å². The molecule has 0 bridgehead atoms. The first-order valence-corrected chi connectivity index (χ1v) is 4.99. The molecule has 0 aliphatic carbocycles. The van der Waals surface area contributed by atoms with Crippen LogP contribution < -0.4 is 9.47 Å². The van der Waals surface area contributed by atoms with E-state index >= 15 is 0 Å². The highest BCUT2D eigenvalue weighted by molar-refractivity contribution is 9.10. The summed E-state index contributed by atoms with van der Waals surface area (Å²) in [6, 6.07) is 3.55. The Morgan fingerprint density at radius 1 is 1.21 bits per heavy atom. The minimum Gasteiger partial charge on any atom is -0.495 e. The Labute approximate surface area is 91.8 Å². The molecule has 0 aromatic heterocycles. The van der Waals surface area contributed by atoms with Crippen molar-refractivity contribution in [3.05, 3.63) is 22.2 Å². The van der Waals surface area contributed by atoms with Crippen molar-refractivity contribution in [3.63, 3.8) is 0 Å². The first-order valence-electron chi connectivity index (χ1n) is 4.19. The molecule has 0 aliphatic rings. The molecule has 0 heterocycles. The van der Waals surface area contributed by atoms with Gasteiger partial charge in [0.25, 0.3) is 0 Å². The zero-order valence-electron chi connectivity index (χ0n) is 8.37. The van der Waals surface area contributed by atoms with Crippen molar-refractivity contribution >= 4 is 15.9 Å². The molecule has 14 heavy (non-hydrogen) atoms. The van der Waals surface area contributed by atoms with Crippen LogP contribution in [-0.2, 0) is 0 Å². The third-order valence-electron chi connectivity index (χ3n) is 1.95. The third kappa shape index (κ3) is 2.19. The van der Waals surface area contributed by atoms with E-state index in [-0.39, 0.29) is 0 Å². The molecule has 0 saturated heterocycles. The lowest BCUT2D eigenvalue weighted by molar-refractivity contribution is 0.198. The molecule has 0 spiro atoms. The molecule has 4 heteroatoms. The second-order valence-corrected chi connectivity index (χ2v) is 3.71. The average Bonchev–Trinajstić information content (AvgIpc) is 2.17. The lowest BCUT2D eigenvalue weighted by Crippen LogP contribution is -1.96. The molecular formula is C10H13BrO3. The van der Waals surface area contributed by atoms with Gasteiger partial charge in [0, 0.05) is 0 Å². The van der Waals surface area contributed by atoms with Crippen LogP contribution >= 0.6 is 15.9 Å². The minimum atomic E-state index is -0.536. The van der Waals surface area contributed by atoms with E-state index in [4.69, 9.17) is 9.47 Å². The maximum atomic E-state index is 9.43. The number of methoxy groups -OCH3 is 2. The summed E-state index contributed by atoms with van der Waals surface area (Å²) in [5, 5.41) is 9.43. The largest absolute Gasteiger partial charge is 0.495 e. The van der Waals surface area contributed by atoms with Gasteiger partial charge in [-0.25, -0.2) is 0 Å². The predicted molar refractivity (Wildman–Crippen MR) is 57.9 cm³/mol. The number of benzene rings is 1. The van der Waals surface area contributed by atoms with E-state index in [0.717, 1.165) is 10.0 Å². The van der Waals surface area contributed by atoms with E-state index < -0.39 is 6.10 Å². The van der Waals surface area contributed by atoms with Gasteiger partial charge in [-0.05, 0) is 40.5 Å². The highest BCUT2D eigenvalue weighted by Gasteiger charge is 2.11. The third-order valence-corrected chi connectivity index (χ3v) is 2.73. The second kappa shape index (κ2) is 4.66. The Morgan fingerprint density at radius 3 is 1.93 bits per heavy atom. The Hall–Kier alpha value is -0.740. The minimum absolute atomic E-state index is 0.536. The Kier molecular flexibility index (Phi) is 3.77. The second-order valence-electron chi connectivity index (χ2n) is 2.92. The Morgan fingerprint density at radius 2 is 1.64 bits per heavy atom. The van der Waals surface area contributed by atoms with Crippen LogP contribution in [0.3, 0.4) is 0 Å². The number of aliphatic hydroxyl groups is 1. The lowest BCUT2D eigenvalue weighted by atomic mass is 10.1. The zero-order valence-corrected chi connectivity index (χ0v) is 9.96. The molecule has 78 valence electrons. The molecule has 0 radical (unpaired) electrons. The molecule has 0 unspecified atom stereocenters. The number of hydrogen-bond acceptors (Lipinski definition) is 3. The van der Waals surface area contributed by atoms with E-state index in [1.807, 2.05) is 0 Å². The van der Waals surface area contributed by atoms with Crippen LogP contribution in [0.25, 0.3) is 0 Å². The van der Waals surface area contributed by atoms with Gasteiger partial charge in [0.1, 0.15) is 16.0 Å². The van der Waals surface area contributed by atoms with E-state index in [9.17, 15) is 5.11 Å². The maximum absolute atomic E-state index is 9.43. The monoisotopic (exact) mass is 260 g/mol. The van der Waals surface area contributed by atoms with Crippen LogP contribution in [0.5, 0.6) is 11.5 Å². The van der Waals surface area contributed by atoms with Gasteiger partial charge in [0.15, 0.2) is 0 Å². The molecule has 1 N–H and O–H groups in total. The van der Waals surface area contributed by atoms with Crippen LogP contribution in [0.4, 0.5) is 0 Å². The van der Waals surface area contributed by atoms with Crippen molar-refractivity contribution in [1.29, 1.82) is 0 Å². The maximum Gasteiger partial charge on any atom is 0.137 e. The van der Waals surface area contributed by atoms with Crippen molar-refractivity contribution in [2.24, 2.45) is 0 Å². The number of rotatable bonds is 3. The summed E-state index contributed by atoms with van der Waals surface area (Å²) < 4.78 is 11.0. The number of hydrogen-bond donors (Lipinski definition) is 1. The highest BCUT2D eigenvalue weighted by Crippen LogP contribution is 2.37. The van der Waals surface area contributed by atoms with Gasteiger partial charge >= 0.3 is 0 Å². The molecular weight excluding hydrogens is 248 g/mol. The smallest absolute Gasteiger partial charge is 0.137 e. The topological polar surface area (TPSA) is 38.7 Å². The van der Waals surface area contributed by atoms with Crippen LogP contribution in [-0.4, -0.2) is 19.3 Å². The van der Waals surface area contributed by atoms with Crippen LogP contribution in [0.15, 0.2) is 16.6 Å². The van der Waals surface area contributed by atoms with Crippen molar-refractivity contribution in [2.75, 3.05) is 14.2 Å². The van der Waals surface area contributed by atoms with Crippen molar-refractivity contribution < 1.29 is 14.6 Å². The zero-order chi connectivity index (χ0) is 10.7. The van der Waals surface area contributed by atoms with Gasteiger partial charge in [0.05, 0.1) is 20.3 Å². The van der Waals surface area contributed by atoms with E-state index in [1.165, 1.54) is 0 Å². The standard InChI is InChI=1S/C10H13BrO3/c1-6(12)7-4-8(13-2)10(11)9(5-7)14-3/h4-6,12H,1-3H3/t6-/m1/s1. The molecule has 0 aliphatic heterocycles. The number of halogens is 1. The molecule has 0 fully saturated rings. The normalized spacial score (nSPS) is 12.4. The lowest BCUT2D eigenvalue weighted by Gasteiger charge is -2.12. The van der Waals surface area contributed by atoms with Gasteiger partial charge in [-0.1, -0.05) is 0 Å². The summed E-state index contributed by atoms with van der Waals surface area (Å²) in [4.78, 5) is 0. The van der Waals surface area contributed by atoms with Gasteiger partial charge in [-0.2, -0.15) is 0 Å². The summed E-state index contributed by atoms with van der Waals surface area (Å²) in [6.45, 7) is 1.70. The van der Waals surface area contributed by atoms with E-state index in [2.05, 4.69) is 15.9 Å². The highest BCUT2D eigenvalue weighted by atomic mass is 79.9. The SMILES string of the molecule is COc1cc([C@@H](C)O)cc(OC)c1Br. The summed E-state index contributed by atoms with van der Waals surface area (Å²) in [5.41, 5.74) is 0.766. The first-order chi connectivity index (χ1) is 6.60. The van der Waals surface area contributed by atoms with Crippen molar-refractivity contribution in [1.82, 2.24) is 0 Å². The van der Waals surface area contributed by atoms with Crippen LogP contribution in [0.1, 0.15) is 18.6 Å². The Balaban J connectivity index is 3.25. The summed E-state index contributed by atoms with van der Waals surface area (Å²) in [5.74, 6) is 1.31. The molecule has 1 rings (SSSR count). The number of aliphatic hydroxyl groups excluding tert-OH is 1. The first kappa shape index (κ1) is 11.3. The molecule has 0 amide bonds. The molecule has 3 nitrogen and oxygen atoms in total. The summed E-state index contributed by atoms with van der Waals surface area (Å²) in [6.07, 6.45) is -0.536. The fourth-order valence-electron chi connectivity index (χ4n) is 1.13. The van der Waals surface area contributed by atoms with Crippen LogP contribution in [0.2, 0.25) is 0 Å².